The molecule has 140 valence electrons. The van der Waals surface area contributed by atoms with Gasteiger partial charge in [-0.05, 0) is 54.8 Å². The SMILES string of the molecule is Cl.O=C(CCNC(=O)c1ccc2ccccc2c1)NCC1CCCNC1. The third kappa shape index (κ3) is 5.71. The predicted molar refractivity (Wildman–Crippen MR) is 107 cm³/mol. The van der Waals surface area contributed by atoms with Crippen LogP contribution in [0.5, 0.6) is 0 Å². The van der Waals surface area contributed by atoms with Crippen LogP contribution >= 0.6 is 12.4 Å². The third-order valence-corrected chi connectivity index (χ3v) is 4.64. The van der Waals surface area contributed by atoms with Crippen LogP contribution in [-0.2, 0) is 4.79 Å². The smallest absolute Gasteiger partial charge is 0.251 e. The first-order chi connectivity index (χ1) is 12.2. The Morgan fingerprint density at radius 1 is 1.08 bits per heavy atom. The number of nitrogens with one attached hydrogen (secondary N) is 3. The molecule has 6 heteroatoms. The maximum Gasteiger partial charge on any atom is 0.251 e. The Labute approximate surface area is 160 Å². The molecule has 26 heavy (non-hydrogen) atoms. The van der Waals surface area contributed by atoms with Crippen molar-refractivity contribution in [3.05, 3.63) is 48.0 Å². The van der Waals surface area contributed by atoms with Gasteiger partial charge >= 0.3 is 0 Å². The van der Waals surface area contributed by atoms with E-state index < -0.39 is 0 Å². The molecule has 2 aromatic rings. The molecule has 2 amide bonds. The van der Waals surface area contributed by atoms with Crippen molar-refractivity contribution in [1.29, 1.82) is 0 Å². The zero-order valence-electron chi connectivity index (χ0n) is 14.8. The molecule has 1 saturated heterocycles. The van der Waals surface area contributed by atoms with Crippen LogP contribution in [0.3, 0.4) is 0 Å². The van der Waals surface area contributed by atoms with E-state index in [4.69, 9.17) is 0 Å². The van der Waals surface area contributed by atoms with Crippen LogP contribution in [0.15, 0.2) is 42.5 Å². The number of benzene rings is 2. The van der Waals surface area contributed by atoms with E-state index in [1.54, 1.807) is 0 Å². The van der Waals surface area contributed by atoms with E-state index in [9.17, 15) is 9.59 Å². The van der Waals surface area contributed by atoms with E-state index in [1.807, 2.05) is 42.5 Å². The summed E-state index contributed by atoms with van der Waals surface area (Å²) < 4.78 is 0. The Morgan fingerprint density at radius 2 is 1.88 bits per heavy atom. The fourth-order valence-electron chi connectivity index (χ4n) is 3.17. The van der Waals surface area contributed by atoms with Crippen LogP contribution in [-0.4, -0.2) is 38.0 Å². The van der Waals surface area contributed by atoms with Crippen molar-refractivity contribution in [2.75, 3.05) is 26.2 Å². The normalized spacial score (nSPS) is 16.5. The largest absolute Gasteiger partial charge is 0.356 e. The Morgan fingerprint density at radius 3 is 2.65 bits per heavy atom. The Kier molecular flexibility index (Phi) is 7.88. The Balaban J connectivity index is 0.00000243. The van der Waals surface area contributed by atoms with Crippen molar-refractivity contribution in [3.8, 4) is 0 Å². The molecule has 1 atom stereocenters. The molecule has 5 nitrogen and oxygen atoms in total. The Hall–Kier alpha value is -2.11. The van der Waals surface area contributed by atoms with Gasteiger partial charge < -0.3 is 16.0 Å². The van der Waals surface area contributed by atoms with Crippen LogP contribution in [0.2, 0.25) is 0 Å². The number of rotatable bonds is 6. The summed E-state index contributed by atoms with van der Waals surface area (Å²) in [5.41, 5.74) is 0.618. The monoisotopic (exact) mass is 375 g/mol. The second-order valence-corrected chi connectivity index (χ2v) is 6.58. The summed E-state index contributed by atoms with van der Waals surface area (Å²) in [6.07, 6.45) is 2.63. The fourth-order valence-corrected chi connectivity index (χ4v) is 3.17. The first-order valence-electron chi connectivity index (χ1n) is 8.97. The average Bonchev–Trinajstić information content (AvgIpc) is 2.66. The van der Waals surface area contributed by atoms with Crippen LogP contribution in [0.4, 0.5) is 0 Å². The van der Waals surface area contributed by atoms with E-state index >= 15 is 0 Å². The zero-order valence-corrected chi connectivity index (χ0v) is 15.6. The van der Waals surface area contributed by atoms with Crippen molar-refractivity contribution in [3.63, 3.8) is 0 Å². The standard InChI is InChI=1S/C20H25N3O2.ClH/c24-19(23-14-15-4-3-10-21-13-15)9-11-22-20(25)18-8-7-16-5-1-2-6-17(16)12-18;/h1-2,5-8,12,15,21H,3-4,9-11,13-14H2,(H,22,25)(H,23,24);1H. The van der Waals surface area contributed by atoms with E-state index in [2.05, 4.69) is 16.0 Å². The van der Waals surface area contributed by atoms with Gasteiger partial charge in [0.25, 0.3) is 5.91 Å². The van der Waals surface area contributed by atoms with Crippen LogP contribution in [0, 0.1) is 5.92 Å². The third-order valence-electron chi connectivity index (χ3n) is 4.64. The van der Waals surface area contributed by atoms with E-state index in [1.165, 1.54) is 6.42 Å². The van der Waals surface area contributed by atoms with Gasteiger partial charge in [-0.3, -0.25) is 9.59 Å². The maximum atomic E-state index is 12.2. The van der Waals surface area contributed by atoms with Gasteiger partial charge in [0.1, 0.15) is 0 Å². The molecular weight excluding hydrogens is 350 g/mol. The second-order valence-electron chi connectivity index (χ2n) is 6.58. The predicted octanol–water partition coefficient (Wildman–Crippen LogP) is 2.50. The quantitative estimate of drug-likeness (QED) is 0.726. The van der Waals surface area contributed by atoms with E-state index in [0.29, 0.717) is 31.0 Å². The highest BCUT2D eigenvalue weighted by atomic mass is 35.5. The first kappa shape index (κ1) is 20.2. The molecule has 0 spiro atoms. The molecular formula is C20H26ClN3O2. The van der Waals surface area contributed by atoms with Gasteiger partial charge in [0.2, 0.25) is 5.91 Å². The highest BCUT2D eigenvalue weighted by molar-refractivity contribution is 5.98. The molecule has 1 aliphatic rings. The van der Waals surface area contributed by atoms with Crippen molar-refractivity contribution in [2.24, 2.45) is 5.92 Å². The summed E-state index contributed by atoms with van der Waals surface area (Å²) in [7, 11) is 0. The van der Waals surface area contributed by atoms with Crippen LogP contribution in [0.25, 0.3) is 10.8 Å². The molecule has 1 aliphatic heterocycles. The first-order valence-corrected chi connectivity index (χ1v) is 8.97. The molecule has 3 N–H and O–H groups in total. The minimum absolute atomic E-state index is 0. The molecule has 1 heterocycles. The second kappa shape index (κ2) is 10.1. The highest BCUT2D eigenvalue weighted by Crippen LogP contribution is 2.15. The molecule has 1 unspecified atom stereocenters. The lowest BCUT2D eigenvalue weighted by molar-refractivity contribution is -0.121. The van der Waals surface area contributed by atoms with Crippen molar-refractivity contribution in [1.82, 2.24) is 16.0 Å². The molecule has 1 fully saturated rings. The Bertz CT molecular complexity index is 745. The zero-order chi connectivity index (χ0) is 17.5. The van der Waals surface area contributed by atoms with E-state index in [-0.39, 0.29) is 24.2 Å². The minimum atomic E-state index is -0.143. The highest BCUT2D eigenvalue weighted by Gasteiger charge is 2.14. The van der Waals surface area contributed by atoms with Gasteiger partial charge in [0.15, 0.2) is 0 Å². The summed E-state index contributed by atoms with van der Waals surface area (Å²) in [6.45, 7) is 3.11. The van der Waals surface area contributed by atoms with Crippen molar-refractivity contribution in [2.45, 2.75) is 19.3 Å². The number of carbonyl (C=O) groups is 2. The minimum Gasteiger partial charge on any atom is -0.356 e. The fraction of sp³-hybridized carbons (Fsp3) is 0.400. The van der Waals surface area contributed by atoms with Gasteiger partial charge in [0, 0.05) is 25.1 Å². The molecule has 0 radical (unpaired) electrons. The molecule has 3 rings (SSSR count). The number of fused-ring (bicyclic) bond motifs is 1. The van der Waals surface area contributed by atoms with Gasteiger partial charge in [-0.1, -0.05) is 30.3 Å². The number of piperidine rings is 1. The lowest BCUT2D eigenvalue weighted by Gasteiger charge is -2.22. The van der Waals surface area contributed by atoms with Crippen LogP contribution in [0.1, 0.15) is 29.6 Å². The number of carbonyl (C=O) groups excluding carboxylic acids is 2. The summed E-state index contributed by atoms with van der Waals surface area (Å²) in [6, 6.07) is 13.6. The summed E-state index contributed by atoms with van der Waals surface area (Å²) in [5, 5.41) is 11.3. The number of amides is 2. The number of halogens is 1. The topological polar surface area (TPSA) is 70.2 Å². The van der Waals surface area contributed by atoms with Crippen LogP contribution < -0.4 is 16.0 Å². The van der Waals surface area contributed by atoms with Gasteiger partial charge in [-0.15, -0.1) is 12.4 Å². The summed E-state index contributed by atoms with van der Waals surface area (Å²) in [4.78, 5) is 24.1. The van der Waals surface area contributed by atoms with Gasteiger partial charge in [-0.25, -0.2) is 0 Å². The lowest BCUT2D eigenvalue weighted by atomic mass is 10.00. The van der Waals surface area contributed by atoms with Gasteiger partial charge in [0.05, 0.1) is 0 Å². The van der Waals surface area contributed by atoms with E-state index in [0.717, 1.165) is 30.3 Å². The summed E-state index contributed by atoms with van der Waals surface area (Å²) in [5.74, 6) is 0.365. The summed E-state index contributed by atoms with van der Waals surface area (Å²) >= 11 is 0. The van der Waals surface area contributed by atoms with Crippen molar-refractivity contribution < 1.29 is 9.59 Å². The maximum absolute atomic E-state index is 12.2. The number of hydrogen-bond acceptors (Lipinski definition) is 3. The lowest BCUT2D eigenvalue weighted by Crippen LogP contribution is -2.39. The van der Waals surface area contributed by atoms with Gasteiger partial charge in [-0.2, -0.15) is 0 Å². The molecule has 0 aromatic heterocycles. The number of hydrogen-bond donors (Lipinski definition) is 3. The average molecular weight is 376 g/mol. The molecule has 0 bridgehead atoms. The van der Waals surface area contributed by atoms with Crippen molar-refractivity contribution >= 4 is 35.0 Å². The molecule has 2 aromatic carbocycles. The molecule has 0 aliphatic carbocycles. The molecule has 0 saturated carbocycles.